The first-order valence-corrected chi connectivity index (χ1v) is 8.15. The monoisotopic (exact) mass is 345 g/mol. The van der Waals surface area contributed by atoms with Crippen LogP contribution in [0.15, 0.2) is 36.9 Å². The summed E-state index contributed by atoms with van der Waals surface area (Å²) in [5.74, 6) is -0.784. The van der Waals surface area contributed by atoms with E-state index in [1.54, 1.807) is 24.3 Å². The van der Waals surface area contributed by atoms with Crippen LogP contribution in [0.3, 0.4) is 0 Å². The van der Waals surface area contributed by atoms with Gasteiger partial charge in [0.1, 0.15) is 0 Å². The molecule has 1 aliphatic heterocycles. The summed E-state index contributed by atoms with van der Waals surface area (Å²) in [6.45, 7) is 4.63. The van der Waals surface area contributed by atoms with Crippen LogP contribution in [0.4, 0.5) is 5.69 Å². The van der Waals surface area contributed by atoms with Crippen molar-refractivity contribution in [2.24, 2.45) is 0 Å². The number of anilines is 1. The van der Waals surface area contributed by atoms with E-state index < -0.39 is 0 Å². The molecule has 1 saturated heterocycles. The third-order valence-corrected chi connectivity index (χ3v) is 3.92. The SMILES string of the molecule is C=CC(=O)N(C)CC(=O)Nc1ccc(C(=O)NC2CCOCC2)cc1. The molecule has 1 fully saturated rings. The lowest BCUT2D eigenvalue weighted by Gasteiger charge is -2.23. The van der Waals surface area contributed by atoms with Crippen LogP contribution in [0.25, 0.3) is 0 Å². The van der Waals surface area contributed by atoms with E-state index in [0.717, 1.165) is 18.9 Å². The molecule has 0 unspecified atom stereocenters. The summed E-state index contributed by atoms with van der Waals surface area (Å²) in [4.78, 5) is 36.7. The van der Waals surface area contributed by atoms with Crippen LogP contribution in [0.5, 0.6) is 0 Å². The molecule has 0 aliphatic carbocycles. The Hall–Kier alpha value is -2.67. The van der Waals surface area contributed by atoms with Gasteiger partial charge in [-0.25, -0.2) is 0 Å². The highest BCUT2D eigenvalue weighted by molar-refractivity contribution is 5.97. The van der Waals surface area contributed by atoms with E-state index in [4.69, 9.17) is 4.74 Å². The van der Waals surface area contributed by atoms with Crippen LogP contribution in [0.1, 0.15) is 23.2 Å². The van der Waals surface area contributed by atoms with Crippen molar-refractivity contribution in [1.29, 1.82) is 0 Å². The number of benzene rings is 1. The molecule has 0 bridgehead atoms. The van der Waals surface area contributed by atoms with Crippen LogP contribution in [-0.2, 0) is 14.3 Å². The minimum Gasteiger partial charge on any atom is -0.381 e. The predicted octanol–water partition coefficient (Wildman–Crippen LogP) is 1.18. The molecule has 25 heavy (non-hydrogen) atoms. The van der Waals surface area contributed by atoms with E-state index in [9.17, 15) is 14.4 Å². The van der Waals surface area contributed by atoms with Gasteiger partial charge in [-0.05, 0) is 43.2 Å². The lowest BCUT2D eigenvalue weighted by Crippen LogP contribution is -2.38. The standard InChI is InChI=1S/C18H23N3O4/c1-3-17(23)21(2)12-16(22)19-14-6-4-13(5-7-14)18(24)20-15-8-10-25-11-9-15/h3-7,15H,1,8-12H2,2H3,(H,19,22)(H,20,24). The van der Waals surface area contributed by atoms with Gasteiger partial charge in [0, 0.05) is 37.6 Å². The van der Waals surface area contributed by atoms with Gasteiger partial charge in [-0.3, -0.25) is 14.4 Å². The summed E-state index contributed by atoms with van der Waals surface area (Å²) in [5.41, 5.74) is 1.09. The molecule has 7 heteroatoms. The van der Waals surface area contributed by atoms with Crippen molar-refractivity contribution in [2.45, 2.75) is 18.9 Å². The molecule has 2 rings (SSSR count). The van der Waals surface area contributed by atoms with Gasteiger partial charge in [0.25, 0.3) is 5.91 Å². The molecular weight excluding hydrogens is 322 g/mol. The fraction of sp³-hybridized carbons (Fsp3) is 0.389. The number of carbonyl (C=O) groups is 3. The molecule has 2 N–H and O–H groups in total. The van der Waals surface area contributed by atoms with E-state index in [0.29, 0.717) is 24.5 Å². The third kappa shape index (κ3) is 5.72. The molecule has 0 atom stereocenters. The zero-order valence-electron chi connectivity index (χ0n) is 14.3. The first kappa shape index (κ1) is 18.7. The molecule has 134 valence electrons. The van der Waals surface area contributed by atoms with Gasteiger partial charge in [0.15, 0.2) is 0 Å². The number of amides is 3. The van der Waals surface area contributed by atoms with Crippen LogP contribution < -0.4 is 10.6 Å². The molecule has 0 aromatic heterocycles. The van der Waals surface area contributed by atoms with Gasteiger partial charge in [-0.2, -0.15) is 0 Å². The van der Waals surface area contributed by atoms with E-state index in [1.807, 2.05) is 0 Å². The smallest absolute Gasteiger partial charge is 0.251 e. The Morgan fingerprint density at radius 3 is 2.48 bits per heavy atom. The van der Waals surface area contributed by atoms with Crippen LogP contribution in [0.2, 0.25) is 0 Å². The quantitative estimate of drug-likeness (QED) is 0.758. The zero-order valence-corrected chi connectivity index (χ0v) is 14.3. The molecule has 1 aromatic carbocycles. The van der Waals surface area contributed by atoms with Crippen molar-refractivity contribution >= 4 is 23.4 Å². The Morgan fingerprint density at radius 1 is 1.24 bits per heavy atom. The molecule has 1 aromatic rings. The van der Waals surface area contributed by atoms with Crippen molar-refractivity contribution in [2.75, 3.05) is 32.1 Å². The number of likely N-dealkylation sites (N-methyl/N-ethyl adjacent to an activating group) is 1. The Balaban J connectivity index is 1.86. The fourth-order valence-corrected chi connectivity index (χ4v) is 2.47. The first-order valence-electron chi connectivity index (χ1n) is 8.15. The summed E-state index contributed by atoms with van der Waals surface area (Å²) in [6.07, 6.45) is 2.78. The average molecular weight is 345 g/mol. The largest absolute Gasteiger partial charge is 0.381 e. The fourth-order valence-electron chi connectivity index (χ4n) is 2.47. The number of nitrogens with one attached hydrogen (secondary N) is 2. The second-order valence-electron chi connectivity index (χ2n) is 5.88. The topological polar surface area (TPSA) is 87.7 Å². The maximum Gasteiger partial charge on any atom is 0.251 e. The molecule has 7 nitrogen and oxygen atoms in total. The van der Waals surface area contributed by atoms with E-state index in [2.05, 4.69) is 17.2 Å². The Labute approximate surface area is 147 Å². The second-order valence-corrected chi connectivity index (χ2v) is 5.88. The number of hydrogen-bond donors (Lipinski definition) is 2. The molecular formula is C18H23N3O4. The van der Waals surface area contributed by atoms with Crippen molar-refractivity contribution in [3.05, 3.63) is 42.5 Å². The van der Waals surface area contributed by atoms with Crippen LogP contribution >= 0.6 is 0 Å². The highest BCUT2D eigenvalue weighted by Crippen LogP contribution is 2.12. The molecule has 1 aliphatic rings. The van der Waals surface area contributed by atoms with Crippen LogP contribution in [-0.4, -0.2) is 55.5 Å². The van der Waals surface area contributed by atoms with Crippen molar-refractivity contribution in [3.8, 4) is 0 Å². The van der Waals surface area contributed by atoms with E-state index in [1.165, 1.54) is 11.9 Å². The third-order valence-electron chi connectivity index (χ3n) is 3.92. The lowest BCUT2D eigenvalue weighted by atomic mass is 10.1. The molecule has 3 amide bonds. The second kappa shape index (κ2) is 8.98. The van der Waals surface area contributed by atoms with Gasteiger partial charge >= 0.3 is 0 Å². The van der Waals surface area contributed by atoms with E-state index in [-0.39, 0.29) is 30.3 Å². The van der Waals surface area contributed by atoms with Crippen molar-refractivity contribution in [1.82, 2.24) is 10.2 Å². The number of nitrogens with zero attached hydrogens (tertiary/aromatic N) is 1. The Kier molecular flexibility index (Phi) is 6.71. The average Bonchev–Trinajstić information content (AvgIpc) is 2.62. The lowest BCUT2D eigenvalue weighted by molar-refractivity contribution is -0.129. The normalized spacial score (nSPS) is 14.4. The predicted molar refractivity (Wildman–Crippen MR) is 94.2 cm³/mol. The van der Waals surface area contributed by atoms with Crippen molar-refractivity contribution in [3.63, 3.8) is 0 Å². The number of rotatable bonds is 6. The highest BCUT2D eigenvalue weighted by atomic mass is 16.5. The minimum atomic E-state index is -0.324. The minimum absolute atomic E-state index is 0.0726. The van der Waals surface area contributed by atoms with Gasteiger partial charge in [-0.1, -0.05) is 6.58 Å². The van der Waals surface area contributed by atoms with Crippen LogP contribution in [0, 0.1) is 0 Å². The molecule has 0 spiro atoms. The molecule has 1 heterocycles. The zero-order chi connectivity index (χ0) is 18.2. The van der Waals surface area contributed by atoms with E-state index >= 15 is 0 Å². The Morgan fingerprint density at radius 2 is 1.88 bits per heavy atom. The summed E-state index contributed by atoms with van der Waals surface area (Å²) in [6, 6.07) is 6.77. The summed E-state index contributed by atoms with van der Waals surface area (Å²) in [7, 11) is 1.52. The summed E-state index contributed by atoms with van der Waals surface area (Å²) >= 11 is 0. The number of hydrogen-bond acceptors (Lipinski definition) is 4. The van der Waals surface area contributed by atoms with Gasteiger partial charge in [-0.15, -0.1) is 0 Å². The maximum absolute atomic E-state index is 12.2. The summed E-state index contributed by atoms with van der Waals surface area (Å²) in [5, 5.41) is 5.66. The Bertz CT molecular complexity index is 636. The molecule has 0 radical (unpaired) electrons. The first-order chi connectivity index (χ1) is 12.0. The van der Waals surface area contributed by atoms with Gasteiger partial charge in [0.2, 0.25) is 11.8 Å². The van der Waals surface area contributed by atoms with Crippen molar-refractivity contribution < 1.29 is 19.1 Å². The molecule has 0 saturated carbocycles. The number of carbonyl (C=O) groups excluding carboxylic acids is 3. The summed E-state index contributed by atoms with van der Waals surface area (Å²) < 4.78 is 5.27. The maximum atomic E-state index is 12.2. The number of ether oxygens (including phenoxy) is 1. The van der Waals surface area contributed by atoms with Gasteiger partial charge in [0.05, 0.1) is 6.54 Å². The van der Waals surface area contributed by atoms with Gasteiger partial charge < -0.3 is 20.3 Å². The highest BCUT2D eigenvalue weighted by Gasteiger charge is 2.17.